The Kier molecular flexibility index (Phi) is 3.26. The van der Waals surface area contributed by atoms with E-state index in [4.69, 9.17) is 4.74 Å². The second-order valence-corrected chi connectivity index (χ2v) is 4.21. The van der Waals surface area contributed by atoms with E-state index in [1.807, 2.05) is 19.1 Å². The van der Waals surface area contributed by atoms with Gasteiger partial charge in [0.1, 0.15) is 6.61 Å². The first kappa shape index (κ1) is 10.8. The number of carbonyl (C=O) groups excluding carboxylic acids is 1. The second-order valence-electron chi connectivity index (χ2n) is 3.15. The van der Waals surface area contributed by atoms with Gasteiger partial charge >= 0.3 is 5.97 Å². The monoisotopic (exact) mass is 234 g/mol. The molecule has 2 aromatic heterocycles. The van der Waals surface area contributed by atoms with Crippen LogP contribution in [0.3, 0.4) is 0 Å². The summed E-state index contributed by atoms with van der Waals surface area (Å²) >= 11 is 1.43. The molecule has 0 bridgehead atoms. The molecule has 82 valence electrons. The van der Waals surface area contributed by atoms with Crippen LogP contribution in [0.25, 0.3) is 0 Å². The number of hydrogen-bond acceptors (Lipinski definition) is 5. The molecule has 0 fully saturated rings. The normalized spacial score (nSPS) is 10.1. The van der Waals surface area contributed by atoms with Crippen molar-refractivity contribution in [1.29, 1.82) is 0 Å². The lowest BCUT2D eigenvalue weighted by molar-refractivity contribution is 0.0461. The Balaban J connectivity index is 1.94. The summed E-state index contributed by atoms with van der Waals surface area (Å²) < 4.78 is 5.07. The van der Waals surface area contributed by atoms with E-state index in [1.165, 1.54) is 11.3 Å². The number of hydrogen-bond donors (Lipinski definition) is 0. The highest BCUT2D eigenvalue weighted by Gasteiger charge is 2.10. The minimum atomic E-state index is -0.407. The van der Waals surface area contributed by atoms with E-state index < -0.39 is 5.97 Å². The van der Waals surface area contributed by atoms with Crippen LogP contribution in [0.5, 0.6) is 0 Å². The van der Waals surface area contributed by atoms with E-state index in [0.29, 0.717) is 5.69 Å². The smallest absolute Gasteiger partial charge is 0.358 e. The standard InChI is InChI=1S/C11H10N2O2S/c1-8-13-10(7-16-8)11(14)15-6-9-4-2-3-5-12-9/h2-5,7H,6H2,1H3. The minimum Gasteiger partial charge on any atom is -0.454 e. The van der Waals surface area contributed by atoms with Crippen molar-refractivity contribution >= 4 is 17.3 Å². The Hall–Kier alpha value is -1.75. The zero-order chi connectivity index (χ0) is 11.4. The van der Waals surface area contributed by atoms with Crippen molar-refractivity contribution in [3.05, 3.63) is 46.2 Å². The first-order valence-electron chi connectivity index (χ1n) is 4.75. The van der Waals surface area contributed by atoms with Crippen LogP contribution in [-0.2, 0) is 11.3 Å². The fourth-order valence-electron chi connectivity index (χ4n) is 1.15. The first-order valence-corrected chi connectivity index (χ1v) is 5.63. The minimum absolute atomic E-state index is 0.177. The number of aromatic nitrogens is 2. The summed E-state index contributed by atoms with van der Waals surface area (Å²) in [5, 5.41) is 2.54. The molecule has 0 unspecified atom stereocenters. The van der Waals surface area contributed by atoms with Gasteiger partial charge in [0.05, 0.1) is 10.7 Å². The predicted molar refractivity (Wildman–Crippen MR) is 60.2 cm³/mol. The summed E-state index contributed by atoms with van der Waals surface area (Å²) in [7, 11) is 0. The van der Waals surface area contributed by atoms with Crippen LogP contribution in [-0.4, -0.2) is 15.9 Å². The van der Waals surface area contributed by atoms with Crippen LogP contribution in [0.15, 0.2) is 29.8 Å². The summed E-state index contributed by atoms with van der Waals surface area (Å²) in [5.74, 6) is -0.407. The molecular formula is C11H10N2O2S. The molecule has 5 heteroatoms. The van der Waals surface area contributed by atoms with Crippen molar-refractivity contribution in [3.63, 3.8) is 0 Å². The van der Waals surface area contributed by atoms with Crippen molar-refractivity contribution in [2.75, 3.05) is 0 Å². The highest BCUT2D eigenvalue weighted by molar-refractivity contribution is 7.09. The molecule has 0 saturated heterocycles. The van der Waals surface area contributed by atoms with E-state index in [-0.39, 0.29) is 6.61 Å². The lowest BCUT2D eigenvalue weighted by Gasteiger charge is -2.01. The topological polar surface area (TPSA) is 52.1 Å². The van der Waals surface area contributed by atoms with Gasteiger partial charge in [-0.25, -0.2) is 9.78 Å². The molecular weight excluding hydrogens is 224 g/mol. The van der Waals surface area contributed by atoms with Crippen molar-refractivity contribution in [3.8, 4) is 0 Å². The molecule has 0 aromatic carbocycles. The van der Waals surface area contributed by atoms with Crippen LogP contribution in [0.2, 0.25) is 0 Å². The van der Waals surface area contributed by atoms with Gasteiger partial charge in [0.2, 0.25) is 0 Å². The molecule has 0 aliphatic carbocycles. The maximum atomic E-state index is 11.5. The largest absolute Gasteiger partial charge is 0.454 e. The summed E-state index contributed by atoms with van der Waals surface area (Å²) in [6, 6.07) is 5.47. The SMILES string of the molecule is Cc1nc(C(=O)OCc2ccccn2)cs1. The van der Waals surface area contributed by atoms with Gasteiger partial charge in [-0.15, -0.1) is 11.3 Å². The van der Waals surface area contributed by atoms with Gasteiger partial charge in [0.15, 0.2) is 5.69 Å². The molecule has 0 radical (unpaired) electrons. The highest BCUT2D eigenvalue weighted by Crippen LogP contribution is 2.09. The van der Waals surface area contributed by atoms with Crippen LogP contribution in [0.4, 0.5) is 0 Å². The molecule has 2 rings (SSSR count). The number of pyridine rings is 1. The average Bonchev–Trinajstić information content (AvgIpc) is 2.74. The summed E-state index contributed by atoms with van der Waals surface area (Å²) in [5.41, 5.74) is 1.08. The summed E-state index contributed by atoms with van der Waals surface area (Å²) in [6.45, 7) is 2.02. The lowest BCUT2D eigenvalue weighted by Crippen LogP contribution is -2.06. The molecule has 0 saturated carbocycles. The number of nitrogens with zero attached hydrogens (tertiary/aromatic N) is 2. The van der Waals surface area contributed by atoms with Crippen LogP contribution in [0, 0.1) is 6.92 Å². The molecule has 0 amide bonds. The molecule has 0 aliphatic rings. The average molecular weight is 234 g/mol. The Morgan fingerprint density at radius 2 is 2.38 bits per heavy atom. The van der Waals surface area contributed by atoms with E-state index >= 15 is 0 Å². The first-order chi connectivity index (χ1) is 7.75. The maximum absolute atomic E-state index is 11.5. The van der Waals surface area contributed by atoms with Gasteiger partial charge in [0, 0.05) is 11.6 Å². The third kappa shape index (κ3) is 2.64. The third-order valence-electron chi connectivity index (χ3n) is 1.91. The van der Waals surface area contributed by atoms with Crippen molar-refractivity contribution in [2.45, 2.75) is 13.5 Å². The fraction of sp³-hybridized carbons (Fsp3) is 0.182. The zero-order valence-electron chi connectivity index (χ0n) is 8.71. The van der Waals surface area contributed by atoms with Gasteiger partial charge in [-0.3, -0.25) is 4.98 Å². The molecule has 2 heterocycles. The zero-order valence-corrected chi connectivity index (χ0v) is 9.53. The number of carbonyl (C=O) groups is 1. The fourth-order valence-corrected chi connectivity index (χ4v) is 1.74. The highest BCUT2D eigenvalue weighted by atomic mass is 32.1. The van der Waals surface area contributed by atoms with Crippen molar-refractivity contribution < 1.29 is 9.53 Å². The number of ether oxygens (including phenoxy) is 1. The molecule has 4 nitrogen and oxygen atoms in total. The third-order valence-corrected chi connectivity index (χ3v) is 2.68. The second kappa shape index (κ2) is 4.85. The van der Waals surface area contributed by atoms with Gasteiger partial charge in [-0.05, 0) is 19.1 Å². The van der Waals surface area contributed by atoms with Crippen molar-refractivity contribution in [2.24, 2.45) is 0 Å². The van der Waals surface area contributed by atoms with Crippen LogP contribution >= 0.6 is 11.3 Å². The maximum Gasteiger partial charge on any atom is 0.358 e. The number of thiazole rings is 1. The van der Waals surface area contributed by atoms with Crippen molar-refractivity contribution in [1.82, 2.24) is 9.97 Å². The van der Waals surface area contributed by atoms with E-state index in [1.54, 1.807) is 17.6 Å². The molecule has 2 aromatic rings. The Morgan fingerprint density at radius 3 is 3.00 bits per heavy atom. The Morgan fingerprint density at radius 1 is 1.50 bits per heavy atom. The molecule has 16 heavy (non-hydrogen) atoms. The number of rotatable bonds is 3. The van der Waals surface area contributed by atoms with Gasteiger partial charge < -0.3 is 4.74 Å². The molecule has 0 N–H and O–H groups in total. The molecule has 0 aliphatic heterocycles. The summed E-state index contributed by atoms with van der Waals surface area (Å²) in [4.78, 5) is 19.6. The van der Waals surface area contributed by atoms with Gasteiger partial charge in [-0.2, -0.15) is 0 Å². The van der Waals surface area contributed by atoms with Crippen LogP contribution in [0.1, 0.15) is 21.2 Å². The lowest BCUT2D eigenvalue weighted by atomic mass is 10.4. The van der Waals surface area contributed by atoms with Gasteiger partial charge in [-0.1, -0.05) is 6.07 Å². The molecule has 0 spiro atoms. The Bertz CT molecular complexity index is 482. The predicted octanol–water partition coefficient (Wildman–Crippen LogP) is 2.20. The number of aryl methyl sites for hydroxylation is 1. The van der Waals surface area contributed by atoms with E-state index in [9.17, 15) is 4.79 Å². The summed E-state index contributed by atoms with van der Waals surface area (Å²) in [6.07, 6.45) is 1.66. The van der Waals surface area contributed by atoms with E-state index in [2.05, 4.69) is 9.97 Å². The number of esters is 1. The van der Waals surface area contributed by atoms with E-state index in [0.717, 1.165) is 10.7 Å². The van der Waals surface area contributed by atoms with Gasteiger partial charge in [0.25, 0.3) is 0 Å². The van der Waals surface area contributed by atoms with Crippen LogP contribution < -0.4 is 0 Å². The quantitative estimate of drug-likeness (QED) is 0.764. The Labute approximate surface area is 96.9 Å². The molecule has 0 atom stereocenters.